The summed E-state index contributed by atoms with van der Waals surface area (Å²) in [5, 5.41) is 14.8. The van der Waals surface area contributed by atoms with Gasteiger partial charge in [0.2, 0.25) is 0 Å². The van der Waals surface area contributed by atoms with E-state index < -0.39 is 56.0 Å². The normalized spacial score (nSPS) is 22.0. The molecule has 4 unspecified atom stereocenters. The topological polar surface area (TPSA) is 174 Å². The first kappa shape index (κ1) is 37.0. The van der Waals surface area contributed by atoms with Gasteiger partial charge in [-0.25, -0.2) is 9.36 Å². The Kier molecular flexibility index (Phi) is 12.4. The van der Waals surface area contributed by atoms with Gasteiger partial charge in [-0.05, 0) is 66.4 Å². The van der Waals surface area contributed by atoms with Crippen molar-refractivity contribution in [3.63, 3.8) is 0 Å². The predicted octanol–water partition coefficient (Wildman–Crippen LogP) is 6.09. The number of hydrogen-bond donors (Lipinski definition) is 4. The minimum Gasteiger partial charge on any atom is -0.461 e. The fraction of sp³-hybridized carbons (Fsp3) is 0.417. The molecule has 13 nitrogen and oxygen atoms in total. The Morgan fingerprint density at radius 3 is 2.53 bits per heavy atom. The maximum Gasteiger partial charge on any atom is 0.459 e. The van der Waals surface area contributed by atoms with E-state index in [2.05, 4.69) is 31.0 Å². The standard InChI is InChI=1S/C36H42BrN4O9P/c37-18-17-25-22-41(36(45)39-34(25)43)33-21-31(42)32(49-33)23-47-51(46,50-28-14-7-4-8-15-28)40-30(20-26-19-24-11-9-10-16-29(24)38-26)35(44)48-27-12-5-2-1-3-6-13-27/h4,7-11,14-19,22,27,30-33,38,42H,1-3,5-6,12-13,20-21,23H2,(H,40,46)(H,39,43,45)/b18-17+/t30-,31?,32?,33?,51?/m0/s1. The number of esters is 1. The monoisotopic (exact) mass is 784 g/mol. The molecule has 2 aromatic carbocycles. The summed E-state index contributed by atoms with van der Waals surface area (Å²) < 4.78 is 39.8. The first-order chi connectivity index (χ1) is 24.7. The highest BCUT2D eigenvalue weighted by Gasteiger charge is 2.41. The number of fused-ring (bicyclic) bond motifs is 1. The Hall–Kier alpha value is -3.78. The van der Waals surface area contributed by atoms with Crippen molar-refractivity contribution in [2.24, 2.45) is 0 Å². The number of ether oxygens (including phenoxy) is 2. The number of para-hydroxylation sites is 2. The maximum absolute atomic E-state index is 14.7. The highest BCUT2D eigenvalue weighted by atomic mass is 79.9. The van der Waals surface area contributed by atoms with Crippen LogP contribution in [-0.4, -0.2) is 56.6 Å². The van der Waals surface area contributed by atoms with E-state index in [-0.39, 0.29) is 30.3 Å². The lowest BCUT2D eigenvalue weighted by atomic mass is 9.98. The van der Waals surface area contributed by atoms with E-state index in [0.717, 1.165) is 49.4 Å². The Balaban J connectivity index is 1.24. The number of aliphatic hydroxyl groups excluding tert-OH is 1. The summed E-state index contributed by atoms with van der Waals surface area (Å²) >= 11 is 3.13. The Morgan fingerprint density at radius 1 is 1.06 bits per heavy atom. The molecule has 6 rings (SSSR count). The van der Waals surface area contributed by atoms with Gasteiger partial charge in [0, 0.05) is 30.2 Å². The van der Waals surface area contributed by atoms with Crippen LogP contribution in [0.5, 0.6) is 5.75 Å². The molecule has 4 N–H and O–H groups in total. The van der Waals surface area contributed by atoms with Crippen LogP contribution in [0.3, 0.4) is 0 Å². The SMILES string of the molecule is O=C(OC1CCCCCCC1)[C@H](Cc1cc2ccccc2[nH]1)NP(=O)(OCC1OC(n2cc(/C=C/Br)c(=O)[nH]c2=O)CC1O)Oc1ccccc1. The van der Waals surface area contributed by atoms with Gasteiger partial charge in [0.1, 0.15) is 30.2 Å². The molecule has 5 atom stereocenters. The number of nitrogens with zero attached hydrogens (tertiary/aromatic N) is 1. The Morgan fingerprint density at radius 2 is 1.78 bits per heavy atom. The molecule has 0 bridgehead atoms. The number of benzene rings is 2. The van der Waals surface area contributed by atoms with Crippen LogP contribution in [0.1, 0.15) is 68.9 Å². The molecule has 1 saturated carbocycles. The zero-order chi connectivity index (χ0) is 35.8. The summed E-state index contributed by atoms with van der Waals surface area (Å²) in [7, 11) is -4.38. The number of hydrogen-bond acceptors (Lipinski definition) is 9. The summed E-state index contributed by atoms with van der Waals surface area (Å²) in [6, 6.07) is 16.9. The second-order valence-corrected chi connectivity index (χ2v) is 15.1. The molecule has 1 saturated heterocycles. The van der Waals surface area contributed by atoms with E-state index in [1.807, 2.05) is 30.3 Å². The summed E-state index contributed by atoms with van der Waals surface area (Å²) in [6.45, 7) is -0.419. The number of halogens is 1. The summed E-state index contributed by atoms with van der Waals surface area (Å²) in [4.78, 5) is 45.8. The minimum atomic E-state index is -4.38. The lowest BCUT2D eigenvalue weighted by molar-refractivity contribution is -0.152. The van der Waals surface area contributed by atoms with Crippen LogP contribution in [0, 0.1) is 0 Å². The molecule has 1 aliphatic heterocycles. The molecule has 272 valence electrons. The van der Waals surface area contributed by atoms with Crippen LogP contribution < -0.4 is 20.9 Å². The van der Waals surface area contributed by atoms with Gasteiger partial charge in [0.15, 0.2) is 0 Å². The number of aliphatic hydroxyl groups is 1. The van der Waals surface area contributed by atoms with Gasteiger partial charge in [-0.15, -0.1) is 0 Å². The maximum atomic E-state index is 14.7. The predicted molar refractivity (Wildman–Crippen MR) is 196 cm³/mol. The van der Waals surface area contributed by atoms with Crippen LogP contribution in [0.4, 0.5) is 0 Å². The van der Waals surface area contributed by atoms with Gasteiger partial charge in [-0.1, -0.05) is 71.6 Å². The molecule has 2 aromatic heterocycles. The van der Waals surface area contributed by atoms with Crippen LogP contribution in [-0.2, 0) is 29.8 Å². The summed E-state index contributed by atoms with van der Waals surface area (Å²) in [5.41, 5.74) is 0.505. The molecular formula is C36H42BrN4O9P. The molecule has 2 fully saturated rings. The Bertz CT molecular complexity index is 1940. The lowest BCUT2D eigenvalue weighted by Gasteiger charge is -2.27. The second kappa shape index (κ2) is 17.2. The minimum absolute atomic E-state index is 0.00849. The van der Waals surface area contributed by atoms with Crippen LogP contribution in [0.25, 0.3) is 17.0 Å². The van der Waals surface area contributed by atoms with Crippen LogP contribution in [0.2, 0.25) is 0 Å². The third-order valence-corrected chi connectivity index (χ3v) is 10.9. The van der Waals surface area contributed by atoms with Crippen molar-refractivity contribution in [3.05, 3.63) is 104 Å². The number of rotatable bonds is 13. The van der Waals surface area contributed by atoms with Crippen molar-refractivity contribution in [2.75, 3.05) is 6.61 Å². The molecule has 3 heterocycles. The van der Waals surface area contributed by atoms with Crippen molar-refractivity contribution < 1.29 is 33.0 Å². The number of aromatic nitrogens is 3. The number of nitrogens with one attached hydrogen (secondary N) is 3. The van der Waals surface area contributed by atoms with E-state index in [4.69, 9.17) is 18.5 Å². The molecule has 4 aromatic rings. The van der Waals surface area contributed by atoms with Crippen LogP contribution >= 0.6 is 23.7 Å². The molecule has 0 amide bonds. The molecule has 0 spiro atoms. The van der Waals surface area contributed by atoms with Gasteiger partial charge in [0.25, 0.3) is 5.56 Å². The van der Waals surface area contributed by atoms with E-state index in [1.165, 1.54) is 28.2 Å². The third-order valence-electron chi connectivity index (χ3n) is 9.07. The van der Waals surface area contributed by atoms with E-state index in [9.17, 15) is 24.1 Å². The highest BCUT2D eigenvalue weighted by molar-refractivity contribution is 9.11. The van der Waals surface area contributed by atoms with E-state index >= 15 is 0 Å². The number of aromatic amines is 2. The van der Waals surface area contributed by atoms with E-state index in [1.54, 1.807) is 30.3 Å². The average molecular weight is 786 g/mol. The summed E-state index contributed by atoms with van der Waals surface area (Å²) in [6.07, 6.45) is 6.28. The molecule has 2 aliphatic rings. The molecule has 0 radical (unpaired) electrons. The molecule has 1 aliphatic carbocycles. The van der Waals surface area contributed by atoms with Crippen molar-refractivity contribution in [1.82, 2.24) is 19.6 Å². The summed E-state index contributed by atoms with van der Waals surface area (Å²) in [5.74, 6) is -0.355. The molecule has 51 heavy (non-hydrogen) atoms. The largest absolute Gasteiger partial charge is 0.461 e. The van der Waals surface area contributed by atoms with Crippen LogP contribution in [0.15, 0.2) is 81.4 Å². The van der Waals surface area contributed by atoms with Gasteiger partial charge in [-0.2, -0.15) is 5.09 Å². The fourth-order valence-electron chi connectivity index (χ4n) is 6.44. The van der Waals surface area contributed by atoms with E-state index in [0.29, 0.717) is 5.69 Å². The second-order valence-electron chi connectivity index (χ2n) is 12.8. The zero-order valence-corrected chi connectivity index (χ0v) is 30.4. The van der Waals surface area contributed by atoms with Crippen molar-refractivity contribution in [1.29, 1.82) is 0 Å². The smallest absolute Gasteiger partial charge is 0.459 e. The van der Waals surface area contributed by atoms with Crippen molar-refractivity contribution in [2.45, 2.75) is 88.4 Å². The zero-order valence-electron chi connectivity index (χ0n) is 27.9. The molecule has 15 heteroatoms. The third kappa shape index (κ3) is 9.76. The Labute approximate surface area is 303 Å². The fourth-order valence-corrected chi connectivity index (χ4v) is 8.22. The number of H-pyrrole nitrogens is 2. The molecular weight excluding hydrogens is 743 g/mol. The van der Waals surface area contributed by atoms with Gasteiger partial charge >= 0.3 is 19.4 Å². The van der Waals surface area contributed by atoms with Crippen molar-refractivity contribution in [3.8, 4) is 5.75 Å². The number of carbonyl (C=O) groups excluding carboxylic acids is 1. The first-order valence-corrected chi connectivity index (χ1v) is 19.7. The highest BCUT2D eigenvalue weighted by Crippen LogP contribution is 2.46. The first-order valence-electron chi connectivity index (χ1n) is 17.2. The van der Waals surface area contributed by atoms with Gasteiger partial charge in [0.05, 0.1) is 18.3 Å². The lowest BCUT2D eigenvalue weighted by Crippen LogP contribution is -2.41. The number of carbonyl (C=O) groups is 1. The average Bonchev–Trinajstić information content (AvgIpc) is 3.68. The quantitative estimate of drug-likeness (QED) is 0.0918. The van der Waals surface area contributed by atoms with Gasteiger partial charge < -0.3 is 24.1 Å². The van der Waals surface area contributed by atoms with Gasteiger partial charge in [-0.3, -0.25) is 23.7 Å². The van der Waals surface area contributed by atoms with Crippen molar-refractivity contribution >= 4 is 46.6 Å².